The fourth-order valence-electron chi connectivity index (χ4n) is 0.766. The molecule has 0 aromatic heterocycles. The van der Waals surface area contributed by atoms with Gasteiger partial charge < -0.3 is 10.5 Å². The number of primary amides is 1. The maximum atomic E-state index is 11.1. The van der Waals surface area contributed by atoms with Crippen LogP contribution in [0.3, 0.4) is 0 Å². The van der Waals surface area contributed by atoms with E-state index in [0.717, 1.165) is 0 Å². The van der Waals surface area contributed by atoms with Gasteiger partial charge in [-0.15, -0.1) is 0 Å². The van der Waals surface area contributed by atoms with Crippen LogP contribution in [0.1, 0.15) is 6.92 Å². The average Bonchev–Trinajstić information content (AvgIpc) is 2.01. The van der Waals surface area contributed by atoms with Crippen LogP contribution in [0.25, 0.3) is 0 Å². The van der Waals surface area contributed by atoms with Crippen LogP contribution in [-0.4, -0.2) is 34.7 Å². The molecule has 1 amide bonds. The van der Waals surface area contributed by atoms with Crippen LogP contribution in [0.4, 0.5) is 0 Å². The number of amides is 1. The summed E-state index contributed by atoms with van der Waals surface area (Å²) >= 11 is 0. The fourth-order valence-corrected chi connectivity index (χ4v) is 1.89. The van der Waals surface area contributed by atoms with Gasteiger partial charge >= 0.3 is 5.97 Å². The van der Waals surface area contributed by atoms with Crippen molar-refractivity contribution in [2.24, 2.45) is 11.7 Å². The van der Waals surface area contributed by atoms with Crippen LogP contribution in [0.2, 0.25) is 0 Å². The molecule has 13 heavy (non-hydrogen) atoms. The molecule has 0 bridgehead atoms. The number of rotatable bonds is 5. The lowest BCUT2D eigenvalue weighted by Crippen LogP contribution is -2.26. The minimum absolute atomic E-state index is 0.107. The molecule has 0 rings (SSSR count). The lowest BCUT2D eigenvalue weighted by Gasteiger charge is -2.07. The van der Waals surface area contributed by atoms with Crippen molar-refractivity contribution in [2.75, 3.05) is 18.6 Å². The first-order chi connectivity index (χ1) is 5.97. The molecule has 0 aliphatic carbocycles. The molecular formula is C7H13NO4S. The lowest BCUT2D eigenvalue weighted by atomic mass is 10.2. The van der Waals surface area contributed by atoms with Crippen LogP contribution >= 0.6 is 0 Å². The van der Waals surface area contributed by atoms with E-state index >= 15 is 0 Å². The molecule has 0 fully saturated rings. The monoisotopic (exact) mass is 207 g/mol. The molecule has 6 heteroatoms. The van der Waals surface area contributed by atoms with Gasteiger partial charge in [0.2, 0.25) is 5.91 Å². The van der Waals surface area contributed by atoms with E-state index in [1.807, 2.05) is 0 Å². The van der Waals surface area contributed by atoms with Gasteiger partial charge in [0.05, 0.1) is 13.0 Å². The van der Waals surface area contributed by atoms with Crippen LogP contribution in [0.5, 0.6) is 0 Å². The van der Waals surface area contributed by atoms with Crippen molar-refractivity contribution in [3.63, 3.8) is 0 Å². The number of ether oxygens (including phenoxy) is 1. The highest BCUT2D eigenvalue weighted by molar-refractivity contribution is 7.85. The number of hydrogen-bond donors (Lipinski definition) is 1. The van der Waals surface area contributed by atoms with Crippen LogP contribution in [-0.2, 0) is 25.1 Å². The molecule has 0 spiro atoms. The Morgan fingerprint density at radius 2 is 2.08 bits per heavy atom. The van der Waals surface area contributed by atoms with Gasteiger partial charge in [-0.1, -0.05) is 6.92 Å². The Kier molecular flexibility index (Phi) is 5.29. The van der Waals surface area contributed by atoms with Gasteiger partial charge in [-0.05, 0) is 0 Å². The maximum Gasteiger partial charge on any atom is 0.309 e. The first-order valence-corrected chi connectivity index (χ1v) is 5.17. The number of nitrogens with two attached hydrogens (primary N) is 1. The maximum absolute atomic E-state index is 11.1. The predicted octanol–water partition coefficient (Wildman–Crippen LogP) is -0.970. The molecule has 0 radical (unpaired) electrons. The number of carbonyl (C=O) groups is 2. The second-order valence-electron chi connectivity index (χ2n) is 2.64. The summed E-state index contributed by atoms with van der Waals surface area (Å²) in [6.07, 6.45) is 0. The summed E-state index contributed by atoms with van der Waals surface area (Å²) in [4.78, 5) is 21.2. The normalized spacial score (nSPS) is 14.6. The van der Waals surface area contributed by atoms with Gasteiger partial charge in [-0.2, -0.15) is 0 Å². The summed E-state index contributed by atoms with van der Waals surface area (Å²) in [6.45, 7) is 1.59. The van der Waals surface area contributed by atoms with E-state index in [1.54, 1.807) is 6.92 Å². The van der Waals surface area contributed by atoms with Gasteiger partial charge in [-0.25, -0.2) is 0 Å². The minimum Gasteiger partial charge on any atom is -0.469 e. The van der Waals surface area contributed by atoms with Crippen molar-refractivity contribution in [2.45, 2.75) is 6.92 Å². The summed E-state index contributed by atoms with van der Waals surface area (Å²) in [6, 6.07) is 0. The second-order valence-corrected chi connectivity index (χ2v) is 4.14. The van der Waals surface area contributed by atoms with E-state index in [4.69, 9.17) is 5.73 Å². The third-order valence-corrected chi connectivity index (χ3v) is 2.82. The molecule has 5 nitrogen and oxygen atoms in total. The van der Waals surface area contributed by atoms with Crippen molar-refractivity contribution >= 4 is 22.7 Å². The number of hydrogen-bond acceptors (Lipinski definition) is 4. The topological polar surface area (TPSA) is 86.5 Å². The van der Waals surface area contributed by atoms with Gasteiger partial charge in [-0.3, -0.25) is 13.8 Å². The zero-order chi connectivity index (χ0) is 10.4. The van der Waals surface area contributed by atoms with E-state index in [9.17, 15) is 13.8 Å². The molecule has 2 unspecified atom stereocenters. The third kappa shape index (κ3) is 5.35. The highest BCUT2D eigenvalue weighted by Gasteiger charge is 2.17. The third-order valence-electron chi connectivity index (χ3n) is 1.34. The standard InChI is InChI=1S/C7H13NO4S/c1-5(7(10)12-2)3-13(11)4-6(8)9/h5H,3-4H2,1-2H3,(H2,8,9). The van der Waals surface area contributed by atoms with Crippen molar-refractivity contribution in [3.8, 4) is 0 Å². The second kappa shape index (κ2) is 5.69. The van der Waals surface area contributed by atoms with E-state index in [2.05, 4.69) is 4.74 Å². The van der Waals surface area contributed by atoms with Crippen molar-refractivity contribution in [1.29, 1.82) is 0 Å². The first-order valence-electron chi connectivity index (χ1n) is 3.68. The molecule has 0 saturated heterocycles. The summed E-state index contributed by atoms with van der Waals surface area (Å²) in [7, 11) is -0.118. The number of methoxy groups -OCH3 is 1. The fraction of sp³-hybridized carbons (Fsp3) is 0.714. The van der Waals surface area contributed by atoms with Crippen molar-refractivity contribution in [1.82, 2.24) is 0 Å². The van der Waals surface area contributed by atoms with E-state index in [-0.39, 0.29) is 11.5 Å². The zero-order valence-corrected chi connectivity index (χ0v) is 8.43. The Hall–Kier alpha value is -0.910. The molecule has 0 heterocycles. The zero-order valence-electron chi connectivity index (χ0n) is 7.61. The first kappa shape index (κ1) is 12.1. The Morgan fingerprint density at radius 1 is 1.54 bits per heavy atom. The molecule has 76 valence electrons. The smallest absolute Gasteiger partial charge is 0.309 e. The lowest BCUT2D eigenvalue weighted by molar-refractivity contribution is -0.144. The molecular weight excluding hydrogens is 194 g/mol. The van der Waals surface area contributed by atoms with Crippen LogP contribution < -0.4 is 5.73 Å². The van der Waals surface area contributed by atoms with E-state index in [0.29, 0.717) is 0 Å². The van der Waals surface area contributed by atoms with Crippen LogP contribution in [0.15, 0.2) is 0 Å². The largest absolute Gasteiger partial charge is 0.469 e. The molecule has 0 aliphatic heterocycles. The average molecular weight is 207 g/mol. The molecule has 2 atom stereocenters. The SMILES string of the molecule is COC(=O)C(C)CS(=O)CC(N)=O. The van der Waals surface area contributed by atoms with Gasteiger partial charge in [0.25, 0.3) is 0 Å². The van der Waals surface area contributed by atoms with E-state index < -0.39 is 28.6 Å². The minimum atomic E-state index is -1.38. The van der Waals surface area contributed by atoms with Crippen molar-refractivity contribution < 1.29 is 18.5 Å². The predicted molar refractivity (Wildman–Crippen MR) is 48.3 cm³/mol. The number of esters is 1. The summed E-state index contributed by atoms with van der Waals surface area (Å²) in [5, 5.41) is 0. The highest BCUT2D eigenvalue weighted by atomic mass is 32.2. The Labute approximate surface area is 79.1 Å². The van der Waals surface area contributed by atoms with Gasteiger partial charge in [0, 0.05) is 16.6 Å². The van der Waals surface area contributed by atoms with Crippen LogP contribution in [0, 0.1) is 5.92 Å². The van der Waals surface area contributed by atoms with E-state index in [1.165, 1.54) is 7.11 Å². The van der Waals surface area contributed by atoms with Gasteiger partial charge in [0.15, 0.2) is 0 Å². The quantitative estimate of drug-likeness (QED) is 0.588. The summed E-state index contributed by atoms with van der Waals surface area (Å²) in [5.74, 6) is -1.63. The summed E-state index contributed by atoms with van der Waals surface area (Å²) < 4.78 is 15.5. The Balaban J connectivity index is 3.91. The Bertz CT molecular complexity index is 229. The molecule has 0 aromatic carbocycles. The van der Waals surface area contributed by atoms with Gasteiger partial charge in [0.1, 0.15) is 5.75 Å². The van der Waals surface area contributed by atoms with Crippen molar-refractivity contribution in [3.05, 3.63) is 0 Å². The molecule has 2 N–H and O–H groups in total. The highest BCUT2D eigenvalue weighted by Crippen LogP contribution is 2.00. The Morgan fingerprint density at radius 3 is 2.46 bits per heavy atom. The molecule has 0 aliphatic rings. The molecule has 0 saturated carbocycles. The summed E-state index contributed by atoms with van der Waals surface area (Å²) in [5.41, 5.74) is 4.83. The molecule has 0 aromatic rings. The number of carbonyl (C=O) groups excluding carboxylic acids is 2.